The Hall–Kier alpha value is -2.74. The number of alkyl halides is 3. The second-order valence-corrected chi connectivity index (χ2v) is 6.25. The van der Waals surface area contributed by atoms with Crippen LogP contribution < -0.4 is 10.1 Å². The number of benzene rings is 1. The van der Waals surface area contributed by atoms with E-state index in [1.807, 2.05) is 12.1 Å². The Labute approximate surface area is 157 Å². The minimum Gasteiger partial charge on any atom is -0.497 e. The van der Waals surface area contributed by atoms with Crippen molar-refractivity contribution in [1.29, 1.82) is 0 Å². The number of halogens is 4. The Bertz CT molecular complexity index is 968. The van der Waals surface area contributed by atoms with E-state index in [1.165, 1.54) is 10.6 Å². The summed E-state index contributed by atoms with van der Waals surface area (Å²) in [5, 5.41) is 2.61. The number of aromatic nitrogens is 2. The summed E-state index contributed by atoms with van der Waals surface area (Å²) >= 11 is 5.89. The number of carbonyl (C=O) groups excluding carboxylic acids is 1. The van der Waals surface area contributed by atoms with Gasteiger partial charge in [-0.3, -0.25) is 4.79 Å². The SMILES string of the molecule is COc1ccc(CNC(=O)Cc2cn3cc(C(F)(F)F)cc(Cl)c3n2)cc1. The van der Waals surface area contributed by atoms with Gasteiger partial charge in [-0.05, 0) is 23.8 Å². The van der Waals surface area contributed by atoms with E-state index in [-0.39, 0.29) is 23.0 Å². The Morgan fingerprint density at radius 1 is 1.26 bits per heavy atom. The molecule has 0 saturated carbocycles. The van der Waals surface area contributed by atoms with E-state index in [2.05, 4.69) is 10.3 Å². The number of nitrogens with one attached hydrogen (secondary N) is 1. The number of imidazole rings is 1. The fourth-order valence-corrected chi connectivity index (χ4v) is 2.78. The van der Waals surface area contributed by atoms with Crippen LogP contribution in [0, 0.1) is 0 Å². The van der Waals surface area contributed by atoms with E-state index in [4.69, 9.17) is 16.3 Å². The molecule has 0 spiro atoms. The zero-order chi connectivity index (χ0) is 19.6. The lowest BCUT2D eigenvalue weighted by Gasteiger charge is -2.07. The smallest absolute Gasteiger partial charge is 0.417 e. The van der Waals surface area contributed by atoms with E-state index in [0.717, 1.165) is 17.8 Å². The number of pyridine rings is 1. The number of methoxy groups -OCH3 is 1. The number of hydrogen-bond acceptors (Lipinski definition) is 3. The molecule has 9 heteroatoms. The summed E-state index contributed by atoms with van der Waals surface area (Å²) < 4.78 is 44.8. The van der Waals surface area contributed by atoms with Gasteiger partial charge >= 0.3 is 6.18 Å². The average Bonchev–Trinajstić information content (AvgIpc) is 3.02. The van der Waals surface area contributed by atoms with E-state index in [0.29, 0.717) is 18.0 Å². The van der Waals surface area contributed by atoms with Crippen LogP contribution in [0.4, 0.5) is 13.2 Å². The molecule has 1 N–H and O–H groups in total. The summed E-state index contributed by atoms with van der Waals surface area (Å²) in [5.41, 5.74) is 0.496. The highest BCUT2D eigenvalue weighted by Crippen LogP contribution is 2.32. The molecule has 0 radical (unpaired) electrons. The van der Waals surface area contributed by atoms with Crippen molar-refractivity contribution in [3.63, 3.8) is 0 Å². The van der Waals surface area contributed by atoms with E-state index in [1.54, 1.807) is 19.2 Å². The fourth-order valence-electron chi connectivity index (χ4n) is 2.52. The molecule has 1 aromatic carbocycles. The van der Waals surface area contributed by atoms with Gasteiger partial charge in [0.15, 0.2) is 5.65 Å². The Kier molecular flexibility index (Phi) is 5.27. The maximum atomic E-state index is 12.9. The zero-order valence-electron chi connectivity index (χ0n) is 14.2. The molecule has 0 aliphatic carbocycles. The summed E-state index contributed by atoms with van der Waals surface area (Å²) in [4.78, 5) is 16.2. The third kappa shape index (κ3) is 4.51. The first-order chi connectivity index (χ1) is 12.8. The highest BCUT2D eigenvalue weighted by molar-refractivity contribution is 6.33. The first-order valence-corrected chi connectivity index (χ1v) is 8.28. The van der Waals surface area contributed by atoms with Gasteiger partial charge in [-0.15, -0.1) is 0 Å². The number of nitrogens with zero attached hydrogens (tertiary/aromatic N) is 2. The summed E-state index contributed by atoms with van der Waals surface area (Å²) in [7, 11) is 1.57. The second-order valence-electron chi connectivity index (χ2n) is 5.84. The van der Waals surface area contributed by atoms with Crippen molar-refractivity contribution < 1.29 is 22.7 Å². The highest BCUT2D eigenvalue weighted by Gasteiger charge is 2.31. The largest absolute Gasteiger partial charge is 0.497 e. The molecule has 0 atom stereocenters. The minimum absolute atomic E-state index is 0.0739. The predicted molar refractivity (Wildman–Crippen MR) is 93.7 cm³/mol. The van der Waals surface area contributed by atoms with E-state index >= 15 is 0 Å². The predicted octanol–water partition coefficient (Wildman–Crippen LogP) is 3.87. The van der Waals surface area contributed by atoms with Crippen LogP contribution in [0.2, 0.25) is 5.02 Å². The molecule has 2 aromatic heterocycles. The molecular weight excluding hydrogens is 383 g/mol. The monoisotopic (exact) mass is 397 g/mol. The molecule has 0 bridgehead atoms. The van der Waals surface area contributed by atoms with Gasteiger partial charge in [-0.2, -0.15) is 13.2 Å². The molecule has 0 aliphatic rings. The summed E-state index contributed by atoms with van der Waals surface area (Å²) in [6.07, 6.45) is -2.33. The van der Waals surface area contributed by atoms with Crippen LogP contribution >= 0.6 is 11.6 Å². The van der Waals surface area contributed by atoms with Crippen molar-refractivity contribution in [3.05, 3.63) is 64.6 Å². The first kappa shape index (κ1) is 19.0. The molecule has 5 nitrogen and oxygen atoms in total. The lowest BCUT2D eigenvalue weighted by Crippen LogP contribution is -2.24. The van der Waals surface area contributed by atoms with Crippen LogP contribution in [-0.2, 0) is 23.9 Å². The Morgan fingerprint density at radius 2 is 1.96 bits per heavy atom. The van der Waals surface area contributed by atoms with E-state index in [9.17, 15) is 18.0 Å². The highest BCUT2D eigenvalue weighted by atomic mass is 35.5. The lowest BCUT2D eigenvalue weighted by molar-refractivity contribution is -0.137. The van der Waals surface area contributed by atoms with Crippen molar-refractivity contribution in [2.75, 3.05) is 7.11 Å². The van der Waals surface area contributed by atoms with Crippen molar-refractivity contribution >= 4 is 23.2 Å². The molecule has 0 fully saturated rings. The van der Waals surface area contributed by atoms with Gasteiger partial charge in [0.2, 0.25) is 5.91 Å². The standard InChI is InChI=1S/C18H15ClF3N3O2/c1-27-14-4-2-11(3-5-14)8-23-16(26)7-13-10-25-9-12(18(20,21)22)6-15(19)17(25)24-13/h2-6,9-10H,7-8H2,1H3,(H,23,26). The van der Waals surface area contributed by atoms with Gasteiger partial charge in [-0.25, -0.2) is 4.98 Å². The van der Waals surface area contributed by atoms with Crippen LogP contribution in [-0.4, -0.2) is 22.4 Å². The van der Waals surface area contributed by atoms with Crippen LogP contribution in [0.1, 0.15) is 16.8 Å². The zero-order valence-corrected chi connectivity index (χ0v) is 14.9. The minimum atomic E-state index is -4.52. The molecule has 0 aliphatic heterocycles. The summed E-state index contributed by atoms with van der Waals surface area (Å²) in [6, 6.07) is 8.02. The second kappa shape index (κ2) is 7.48. The van der Waals surface area contributed by atoms with Gasteiger partial charge in [-0.1, -0.05) is 23.7 Å². The third-order valence-corrected chi connectivity index (χ3v) is 4.15. The number of fused-ring (bicyclic) bond motifs is 1. The molecule has 0 saturated heterocycles. The fraction of sp³-hybridized carbons (Fsp3) is 0.222. The molecule has 27 heavy (non-hydrogen) atoms. The molecule has 142 valence electrons. The normalized spacial score (nSPS) is 11.6. The van der Waals surface area contributed by atoms with Gasteiger partial charge in [0.1, 0.15) is 5.75 Å². The number of rotatable bonds is 5. The number of amides is 1. The summed E-state index contributed by atoms with van der Waals surface area (Å²) in [6.45, 7) is 0.315. The van der Waals surface area contributed by atoms with Crippen molar-refractivity contribution in [2.45, 2.75) is 19.1 Å². The average molecular weight is 398 g/mol. The molecule has 1 amide bonds. The van der Waals surface area contributed by atoms with Crippen LogP contribution in [0.5, 0.6) is 5.75 Å². The lowest BCUT2D eigenvalue weighted by atomic mass is 10.2. The number of carbonyl (C=O) groups is 1. The molecule has 0 unspecified atom stereocenters. The quantitative estimate of drug-likeness (QED) is 0.711. The van der Waals surface area contributed by atoms with Crippen molar-refractivity contribution in [3.8, 4) is 5.75 Å². The Balaban J connectivity index is 1.68. The van der Waals surface area contributed by atoms with Crippen LogP contribution in [0.3, 0.4) is 0 Å². The maximum absolute atomic E-state index is 12.9. The number of hydrogen-bond donors (Lipinski definition) is 1. The molecule has 3 aromatic rings. The summed E-state index contributed by atoms with van der Waals surface area (Å²) in [5.74, 6) is 0.409. The van der Waals surface area contributed by atoms with E-state index < -0.39 is 11.7 Å². The molecular formula is C18H15ClF3N3O2. The number of ether oxygens (including phenoxy) is 1. The van der Waals surface area contributed by atoms with Crippen LogP contribution in [0.15, 0.2) is 42.7 Å². The van der Waals surface area contributed by atoms with Gasteiger partial charge in [0.25, 0.3) is 0 Å². The van der Waals surface area contributed by atoms with Crippen LogP contribution in [0.25, 0.3) is 5.65 Å². The third-order valence-electron chi connectivity index (χ3n) is 3.87. The van der Waals surface area contributed by atoms with Gasteiger partial charge < -0.3 is 14.5 Å². The maximum Gasteiger partial charge on any atom is 0.417 e. The van der Waals surface area contributed by atoms with Crippen molar-refractivity contribution in [1.82, 2.24) is 14.7 Å². The molecule has 3 rings (SSSR count). The van der Waals surface area contributed by atoms with Gasteiger partial charge in [0.05, 0.1) is 29.8 Å². The topological polar surface area (TPSA) is 55.6 Å². The van der Waals surface area contributed by atoms with Gasteiger partial charge in [0, 0.05) is 18.9 Å². The Morgan fingerprint density at radius 3 is 2.59 bits per heavy atom. The molecule has 2 heterocycles. The first-order valence-electron chi connectivity index (χ1n) is 7.90. The van der Waals surface area contributed by atoms with Crippen molar-refractivity contribution in [2.24, 2.45) is 0 Å².